The summed E-state index contributed by atoms with van der Waals surface area (Å²) in [6, 6.07) is 11.3. The minimum Gasteiger partial charge on any atom is -0.297 e. The lowest BCUT2D eigenvalue weighted by atomic mass is 9.85. The number of carbonyl (C=O) groups is 2. The number of hydrogen-bond acceptors (Lipinski definition) is 3. The Kier molecular flexibility index (Phi) is 10.9. The van der Waals surface area contributed by atoms with Crippen molar-refractivity contribution in [2.45, 2.75) is 84.7 Å². The van der Waals surface area contributed by atoms with Crippen molar-refractivity contribution in [3.05, 3.63) is 87.1 Å². The molecular formula is C32H40BrNO2. The van der Waals surface area contributed by atoms with Gasteiger partial charge < -0.3 is 0 Å². The topological polar surface area (TPSA) is 37.4 Å². The number of rotatable bonds is 8. The quantitative estimate of drug-likeness (QED) is 0.186. The van der Waals surface area contributed by atoms with Crippen LogP contribution in [0.2, 0.25) is 0 Å². The highest BCUT2D eigenvalue weighted by atomic mass is 79.9. The van der Waals surface area contributed by atoms with Crippen LogP contribution in [0.1, 0.15) is 83.0 Å². The van der Waals surface area contributed by atoms with Crippen molar-refractivity contribution in [2.24, 2.45) is 5.92 Å². The Balaban J connectivity index is 0.000000214. The Bertz CT molecular complexity index is 1070. The number of unbranched alkanes of at least 4 members (excludes halogenated alkanes) is 1. The first-order valence-electron chi connectivity index (χ1n) is 13.4. The number of hydrogen-bond donors (Lipinski definition) is 0. The van der Waals surface area contributed by atoms with Crippen molar-refractivity contribution in [1.82, 2.24) is 4.90 Å². The first kappa shape index (κ1) is 28.3. The first-order chi connectivity index (χ1) is 17.3. The van der Waals surface area contributed by atoms with Crippen LogP contribution in [0, 0.1) is 5.92 Å². The molecule has 2 heterocycles. The average molecular weight is 551 g/mol. The van der Waals surface area contributed by atoms with Gasteiger partial charge in [0.05, 0.1) is 0 Å². The zero-order valence-electron chi connectivity index (χ0n) is 22.2. The van der Waals surface area contributed by atoms with Crippen LogP contribution in [0.4, 0.5) is 0 Å². The van der Waals surface area contributed by atoms with E-state index in [1.807, 2.05) is 68.5 Å². The predicted octanol–water partition coefficient (Wildman–Crippen LogP) is 8.14. The molecule has 3 nitrogen and oxygen atoms in total. The molecule has 2 saturated heterocycles. The molecule has 192 valence electrons. The summed E-state index contributed by atoms with van der Waals surface area (Å²) in [5, 5.41) is 0. The van der Waals surface area contributed by atoms with E-state index >= 15 is 0 Å². The monoisotopic (exact) mass is 549 g/mol. The van der Waals surface area contributed by atoms with Crippen LogP contribution in [0.5, 0.6) is 0 Å². The van der Waals surface area contributed by atoms with Gasteiger partial charge in [-0.25, -0.2) is 0 Å². The third kappa shape index (κ3) is 7.38. The maximum absolute atomic E-state index is 12.4. The van der Waals surface area contributed by atoms with Crippen LogP contribution in [-0.2, 0) is 4.79 Å². The van der Waals surface area contributed by atoms with Crippen molar-refractivity contribution >= 4 is 27.5 Å². The predicted molar refractivity (Wildman–Crippen MR) is 153 cm³/mol. The zero-order chi connectivity index (χ0) is 26.1. The summed E-state index contributed by atoms with van der Waals surface area (Å²) in [4.78, 5) is 26.6. The van der Waals surface area contributed by atoms with Crippen LogP contribution in [0.25, 0.3) is 0 Å². The number of allylic oxidation sites excluding steroid dienone is 7. The van der Waals surface area contributed by atoms with E-state index in [-0.39, 0.29) is 5.78 Å². The third-order valence-corrected chi connectivity index (χ3v) is 8.42. The smallest absolute Gasteiger partial charge is 0.163 e. The number of Topliss-reactive ketones (excluding diaryl/α,β-unsaturated/α-hetero) is 2. The summed E-state index contributed by atoms with van der Waals surface area (Å²) in [5.74, 6) is 1.02. The summed E-state index contributed by atoms with van der Waals surface area (Å²) in [7, 11) is 0. The molecular weight excluding hydrogens is 510 g/mol. The molecule has 1 aliphatic carbocycles. The highest BCUT2D eigenvalue weighted by Crippen LogP contribution is 2.40. The number of halogens is 1. The molecule has 0 spiro atoms. The van der Waals surface area contributed by atoms with Crippen molar-refractivity contribution in [3.63, 3.8) is 0 Å². The fraction of sp³-hybridized carbons (Fsp3) is 0.469. The second kappa shape index (κ2) is 13.9. The molecule has 0 N–H and O–H groups in total. The van der Waals surface area contributed by atoms with Crippen molar-refractivity contribution < 1.29 is 9.59 Å². The molecule has 2 bridgehead atoms. The van der Waals surface area contributed by atoms with E-state index in [4.69, 9.17) is 0 Å². The average Bonchev–Trinajstić information content (AvgIpc) is 3.01. The van der Waals surface area contributed by atoms with Gasteiger partial charge in [-0.05, 0) is 111 Å². The minimum atomic E-state index is 0.0821. The summed E-state index contributed by atoms with van der Waals surface area (Å²) < 4.78 is 0.961. The molecule has 2 aliphatic heterocycles. The summed E-state index contributed by atoms with van der Waals surface area (Å²) in [6.45, 7) is 8.98. The van der Waals surface area contributed by atoms with Gasteiger partial charge in [-0.2, -0.15) is 0 Å². The van der Waals surface area contributed by atoms with Crippen LogP contribution < -0.4 is 0 Å². The molecule has 4 heteroatoms. The number of piperidine rings is 1. The molecule has 0 aromatic heterocycles. The van der Waals surface area contributed by atoms with Crippen LogP contribution in [0.3, 0.4) is 0 Å². The number of nitrogens with zero attached hydrogens (tertiary/aromatic N) is 1. The standard InChI is InChI=1S/C19H27NO.C13H13BrO/c1-2-3-11-20-17-9-10-18(20)13-15(12-17)14-19(21)16-7-5-4-6-8-16;1-4-11(10(3)15)12-7-5-6-8-13(14)9(12)2/h4-8,15,17-18H,2-3,9-14H2,1H3;4-5,7-8H,1-3H3/b;11-4-. The Hall–Kier alpha value is -2.26. The Morgan fingerprint density at radius 2 is 1.81 bits per heavy atom. The largest absolute Gasteiger partial charge is 0.297 e. The van der Waals surface area contributed by atoms with Crippen LogP contribution in [0.15, 0.2) is 81.6 Å². The second-order valence-electron chi connectivity index (χ2n) is 10.1. The lowest BCUT2D eigenvalue weighted by Crippen LogP contribution is -2.43. The van der Waals surface area contributed by atoms with E-state index in [1.165, 1.54) is 45.1 Å². The molecule has 2 unspecified atom stereocenters. The highest BCUT2D eigenvalue weighted by molar-refractivity contribution is 9.11. The second-order valence-corrected chi connectivity index (χ2v) is 11.0. The molecule has 0 amide bonds. The molecule has 1 aromatic carbocycles. The van der Waals surface area contributed by atoms with Gasteiger partial charge in [-0.3, -0.25) is 14.5 Å². The Morgan fingerprint density at radius 1 is 1.14 bits per heavy atom. The van der Waals surface area contributed by atoms with Crippen LogP contribution >= 0.6 is 15.9 Å². The van der Waals surface area contributed by atoms with E-state index < -0.39 is 0 Å². The maximum atomic E-state index is 12.4. The van der Waals surface area contributed by atoms with Gasteiger partial charge >= 0.3 is 0 Å². The van der Waals surface area contributed by atoms with E-state index in [2.05, 4.69) is 33.5 Å². The van der Waals surface area contributed by atoms with Gasteiger partial charge in [0.2, 0.25) is 0 Å². The van der Waals surface area contributed by atoms with Crippen molar-refractivity contribution in [2.75, 3.05) is 6.54 Å². The van der Waals surface area contributed by atoms with E-state index in [9.17, 15) is 9.59 Å². The fourth-order valence-electron chi connectivity index (χ4n) is 5.72. The fourth-order valence-corrected chi connectivity index (χ4v) is 6.06. The van der Waals surface area contributed by atoms with Gasteiger partial charge in [-0.15, -0.1) is 5.73 Å². The van der Waals surface area contributed by atoms with E-state index in [0.29, 0.717) is 11.7 Å². The number of carbonyl (C=O) groups excluding carboxylic acids is 2. The van der Waals surface area contributed by atoms with Gasteiger partial charge in [-0.1, -0.05) is 49.8 Å². The van der Waals surface area contributed by atoms with Gasteiger partial charge in [0.15, 0.2) is 11.6 Å². The number of fused-ring (bicyclic) bond motifs is 2. The first-order valence-corrected chi connectivity index (χ1v) is 14.2. The summed E-state index contributed by atoms with van der Waals surface area (Å²) in [5.41, 5.74) is 6.65. The van der Waals surface area contributed by atoms with Gasteiger partial charge in [0, 0.05) is 34.1 Å². The third-order valence-electron chi connectivity index (χ3n) is 7.60. The molecule has 0 radical (unpaired) electrons. The maximum Gasteiger partial charge on any atom is 0.163 e. The van der Waals surface area contributed by atoms with Crippen molar-refractivity contribution in [3.8, 4) is 0 Å². The summed E-state index contributed by atoms with van der Waals surface area (Å²) in [6.07, 6.45) is 16.0. The molecule has 0 saturated carbocycles. The molecule has 2 atom stereocenters. The normalized spacial score (nSPS) is 23.6. The highest BCUT2D eigenvalue weighted by Gasteiger charge is 2.40. The van der Waals surface area contributed by atoms with Gasteiger partial charge in [0.1, 0.15) is 0 Å². The zero-order valence-corrected chi connectivity index (χ0v) is 23.8. The number of benzene rings is 1. The lowest BCUT2D eigenvalue weighted by molar-refractivity contribution is -0.113. The minimum absolute atomic E-state index is 0.0821. The Morgan fingerprint density at radius 3 is 2.39 bits per heavy atom. The molecule has 3 aliphatic rings. The number of ketones is 2. The SMILES string of the molecule is C/C=C(/C(C)=O)C1=CC=C=CC(Br)=C1C.CCCCN1C2CCC1CC(CC(=O)c1ccccc1)C2. The molecule has 36 heavy (non-hydrogen) atoms. The Labute approximate surface area is 225 Å². The molecule has 4 rings (SSSR count). The summed E-state index contributed by atoms with van der Waals surface area (Å²) >= 11 is 3.45. The molecule has 2 fully saturated rings. The van der Waals surface area contributed by atoms with E-state index in [1.54, 1.807) is 6.92 Å². The molecule has 1 aromatic rings. The van der Waals surface area contributed by atoms with E-state index in [0.717, 1.165) is 45.3 Å². The van der Waals surface area contributed by atoms with Crippen LogP contribution in [-0.4, -0.2) is 35.1 Å². The van der Waals surface area contributed by atoms with Gasteiger partial charge in [0.25, 0.3) is 0 Å². The lowest BCUT2D eigenvalue weighted by Gasteiger charge is -2.39. The van der Waals surface area contributed by atoms with Crippen molar-refractivity contribution in [1.29, 1.82) is 0 Å².